The van der Waals surface area contributed by atoms with Crippen LogP contribution < -0.4 is 4.74 Å². The van der Waals surface area contributed by atoms with E-state index >= 15 is 0 Å². The topological polar surface area (TPSA) is 79.7 Å². The number of methoxy groups -OCH3 is 1. The van der Waals surface area contributed by atoms with Crippen LogP contribution in [0.4, 0.5) is 0 Å². The van der Waals surface area contributed by atoms with Crippen LogP contribution in [0.1, 0.15) is 16.8 Å². The normalized spacial score (nSPS) is 15.9. The number of carbonyl (C=O) groups excluding carboxylic acids is 2. The van der Waals surface area contributed by atoms with E-state index in [1.54, 1.807) is 30.1 Å². The molecule has 2 heterocycles. The highest BCUT2D eigenvalue weighted by atomic mass is 16.6. The molecule has 0 aliphatic carbocycles. The van der Waals surface area contributed by atoms with Crippen molar-refractivity contribution >= 4 is 11.9 Å². The lowest BCUT2D eigenvalue weighted by Crippen LogP contribution is -2.22. The van der Waals surface area contributed by atoms with Crippen molar-refractivity contribution in [1.82, 2.24) is 9.78 Å². The van der Waals surface area contributed by atoms with Crippen LogP contribution in [-0.4, -0.2) is 41.5 Å². The molecule has 28 heavy (non-hydrogen) atoms. The minimum atomic E-state index is -0.878. The third-order valence-corrected chi connectivity index (χ3v) is 4.45. The number of carbonyl (C=O) groups is 2. The van der Waals surface area contributed by atoms with Crippen molar-refractivity contribution < 1.29 is 23.8 Å². The first kappa shape index (κ1) is 17.8. The molecular weight excluding hydrogens is 360 g/mol. The fraction of sp³-hybridized carbons (Fsp3) is 0.190. The Kier molecular flexibility index (Phi) is 4.80. The standard InChI is InChI=1S/C21H18N2O5/c1-26-16-9-7-14(8-10-16)19-17(20(24)28-18-11-12-27-21(18)25)13-23(22-19)15-5-3-2-4-6-15/h2-10,13,18H,11-12H2,1H3. The maximum absolute atomic E-state index is 12.8. The Hall–Kier alpha value is -3.61. The summed E-state index contributed by atoms with van der Waals surface area (Å²) in [5.74, 6) is -0.435. The largest absolute Gasteiger partial charge is 0.497 e. The van der Waals surface area contributed by atoms with Crippen LogP contribution in [-0.2, 0) is 14.3 Å². The van der Waals surface area contributed by atoms with E-state index in [2.05, 4.69) is 5.10 Å². The van der Waals surface area contributed by atoms with Gasteiger partial charge >= 0.3 is 11.9 Å². The zero-order chi connectivity index (χ0) is 19.5. The predicted molar refractivity (Wildman–Crippen MR) is 100 cm³/mol. The Labute approximate surface area is 161 Å². The van der Waals surface area contributed by atoms with Gasteiger partial charge in [-0.2, -0.15) is 5.10 Å². The van der Waals surface area contributed by atoms with E-state index in [4.69, 9.17) is 14.2 Å². The van der Waals surface area contributed by atoms with Crippen LogP contribution in [0.5, 0.6) is 5.75 Å². The van der Waals surface area contributed by atoms with Gasteiger partial charge in [0, 0.05) is 18.2 Å². The quantitative estimate of drug-likeness (QED) is 0.635. The molecule has 1 aliphatic heterocycles. The molecule has 2 aromatic carbocycles. The van der Waals surface area contributed by atoms with Crippen molar-refractivity contribution in [2.45, 2.75) is 12.5 Å². The molecule has 0 radical (unpaired) electrons. The summed E-state index contributed by atoms with van der Waals surface area (Å²) in [7, 11) is 1.59. The maximum atomic E-state index is 12.8. The van der Waals surface area contributed by atoms with Crippen molar-refractivity contribution in [3.63, 3.8) is 0 Å². The molecule has 0 N–H and O–H groups in total. The molecule has 0 bridgehead atoms. The summed E-state index contributed by atoms with van der Waals surface area (Å²) in [5.41, 5.74) is 2.27. The molecule has 1 saturated heterocycles. The highest BCUT2D eigenvalue weighted by Crippen LogP contribution is 2.27. The Morgan fingerprint density at radius 2 is 1.89 bits per heavy atom. The number of hydrogen-bond acceptors (Lipinski definition) is 6. The average molecular weight is 378 g/mol. The Morgan fingerprint density at radius 3 is 2.54 bits per heavy atom. The lowest BCUT2D eigenvalue weighted by atomic mass is 10.1. The number of rotatable bonds is 5. The molecule has 7 heteroatoms. The molecule has 142 valence electrons. The van der Waals surface area contributed by atoms with E-state index in [9.17, 15) is 9.59 Å². The number of cyclic esters (lactones) is 1. The van der Waals surface area contributed by atoms with Crippen molar-refractivity contribution in [3.8, 4) is 22.7 Å². The number of ether oxygens (including phenoxy) is 3. The van der Waals surface area contributed by atoms with E-state index in [0.717, 1.165) is 11.3 Å². The third kappa shape index (κ3) is 3.46. The molecule has 1 aromatic heterocycles. The van der Waals surface area contributed by atoms with Crippen LogP contribution in [0.15, 0.2) is 60.8 Å². The number of hydrogen-bond donors (Lipinski definition) is 0. The summed E-state index contributed by atoms with van der Waals surface area (Å²) < 4.78 is 17.0. The van der Waals surface area contributed by atoms with Crippen molar-refractivity contribution in [3.05, 3.63) is 66.4 Å². The zero-order valence-corrected chi connectivity index (χ0v) is 15.2. The molecular formula is C21H18N2O5. The molecule has 0 saturated carbocycles. The van der Waals surface area contributed by atoms with Crippen LogP contribution in [0.3, 0.4) is 0 Å². The zero-order valence-electron chi connectivity index (χ0n) is 15.2. The van der Waals surface area contributed by atoms with Gasteiger partial charge in [0.25, 0.3) is 0 Å². The summed E-state index contributed by atoms with van der Waals surface area (Å²) >= 11 is 0. The molecule has 1 unspecified atom stereocenters. The van der Waals surface area contributed by atoms with E-state index in [-0.39, 0.29) is 12.2 Å². The summed E-state index contributed by atoms with van der Waals surface area (Å²) in [4.78, 5) is 24.5. The van der Waals surface area contributed by atoms with Crippen molar-refractivity contribution in [2.75, 3.05) is 13.7 Å². The van der Waals surface area contributed by atoms with Crippen LogP contribution in [0, 0.1) is 0 Å². The molecule has 4 rings (SSSR count). The Morgan fingerprint density at radius 1 is 1.14 bits per heavy atom. The Bertz CT molecular complexity index is 995. The van der Waals surface area contributed by atoms with Gasteiger partial charge in [0.05, 0.1) is 19.4 Å². The fourth-order valence-electron chi connectivity index (χ4n) is 2.98. The summed E-state index contributed by atoms with van der Waals surface area (Å²) in [6, 6.07) is 16.7. The van der Waals surface area contributed by atoms with Gasteiger partial charge in [-0.3, -0.25) is 0 Å². The van der Waals surface area contributed by atoms with Gasteiger partial charge in [-0.05, 0) is 36.4 Å². The lowest BCUT2D eigenvalue weighted by molar-refractivity contribution is -0.145. The van der Waals surface area contributed by atoms with Gasteiger partial charge in [0.2, 0.25) is 6.10 Å². The summed E-state index contributed by atoms with van der Waals surface area (Å²) in [6.07, 6.45) is 1.09. The second kappa shape index (κ2) is 7.56. The second-order valence-electron chi connectivity index (χ2n) is 6.25. The first-order chi connectivity index (χ1) is 13.7. The lowest BCUT2D eigenvalue weighted by Gasteiger charge is -2.08. The first-order valence-electron chi connectivity index (χ1n) is 8.83. The van der Waals surface area contributed by atoms with Crippen LogP contribution in [0.25, 0.3) is 16.9 Å². The number of esters is 2. The minimum Gasteiger partial charge on any atom is -0.497 e. The number of nitrogens with zero attached hydrogens (tertiary/aromatic N) is 2. The molecule has 0 spiro atoms. The minimum absolute atomic E-state index is 0.255. The maximum Gasteiger partial charge on any atom is 0.347 e. The van der Waals surface area contributed by atoms with Gasteiger partial charge in [-0.15, -0.1) is 0 Å². The monoisotopic (exact) mass is 378 g/mol. The number of aromatic nitrogens is 2. The van der Waals surface area contributed by atoms with Gasteiger partial charge in [-0.1, -0.05) is 18.2 Å². The molecule has 7 nitrogen and oxygen atoms in total. The first-order valence-corrected chi connectivity index (χ1v) is 8.83. The average Bonchev–Trinajstić information content (AvgIpc) is 3.35. The molecule has 0 amide bonds. The molecule has 1 fully saturated rings. The van der Waals surface area contributed by atoms with Crippen molar-refractivity contribution in [1.29, 1.82) is 0 Å². The summed E-state index contributed by atoms with van der Waals surface area (Å²) in [5, 5.41) is 4.58. The van der Waals surface area contributed by atoms with E-state index < -0.39 is 18.0 Å². The molecule has 1 atom stereocenters. The van der Waals surface area contributed by atoms with Gasteiger partial charge < -0.3 is 14.2 Å². The van der Waals surface area contributed by atoms with Crippen LogP contribution >= 0.6 is 0 Å². The molecule has 1 aliphatic rings. The Balaban J connectivity index is 1.72. The summed E-state index contributed by atoms with van der Waals surface area (Å²) in [6.45, 7) is 0.255. The predicted octanol–water partition coefficient (Wildman–Crippen LogP) is 3.02. The highest BCUT2D eigenvalue weighted by Gasteiger charge is 2.32. The SMILES string of the molecule is COc1ccc(-c2nn(-c3ccccc3)cc2C(=O)OC2CCOC2=O)cc1. The van der Waals surface area contributed by atoms with Gasteiger partial charge in [0.1, 0.15) is 17.0 Å². The second-order valence-corrected chi connectivity index (χ2v) is 6.25. The smallest absolute Gasteiger partial charge is 0.347 e. The fourth-order valence-corrected chi connectivity index (χ4v) is 2.98. The molecule has 3 aromatic rings. The third-order valence-electron chi connectivity index (χ3n) is 4.45. The van der Waals surface area contributed by atoms with E-state index in [0.29, 0.717) is 17.9 Å². The highest BCUT2D eigenvalue weighted by molar-refractivity contribution is 5.97. The number of para-hydroxylation sites is 1. The van der Waals surface area contributed by atoms with E-state index in [1.807, 2.05) is 42.5 Å². The van der Waals surface area contributed by atoms with Crippen LogP contribution in [0.2, 0.25) is 0 Å². The number of benzene rings is 2. The van der Waals surface area contributed by atoms with Gasteiger partial charge in [0.15, 0.2) is 0 Å². The van der Waals surface area contributed by atoms with Gasteiger partial charge in [-0.25, -0.2) is 14.3 Å². The van der Waals surface area contributed by atoms with E-state index in [1.165, 1.54) is 0 Å². The van der Waals surface area contributed by atoms with Crippen molar-refractivity contribution in [2.24, 2.45) is 0 Å².